The van der Waals surface area contributed by atoms with Crippen molar-refractivity contribution in [2.24, 2.45) is 0 Å². The second-order valence-corrected chi connectivity index (χ2v) is 3.13. The smallest absolute Gasteiger partial charge is 0.275 e. The Morgan fingerprint density at radius 3 is 3.14 bits per heavy atom. The van der Waals surface area contributed by atoms with Gasteiger partial charge in [0.2, 0.25) is 0 Å². The zero-order chi connectivity index (χ0) is 9.71. The highest BCUT2D eigenvalue weighted by Gasteiger charge is 2.10. The standard InChI is InChI=1S/C10H7N3O/c1-2-6-3-4-8-12-10(14)7-5-11-9(6)13(7)8/h2-5H,1H2,(H,12,14). The second kappa shape index (κ2) is 2.23. The van der Waals surface area contributed by atoms with E-state index in [9.17, 15) is 4.79 Å². The van der Waals surface area contributed by atoms with Crippen LogP contribution in [-0.2, 0) is 0 Å². The van der Waals surface area contributed by atoms with Crippen molar-refractivity contribution in [1.82, 2.24) is 14.4 Å². The first-order valence-electron chi connectivity index (χ1n) is 4.25. The molecule has 0 saturated heterocycles. The lowest BCUT2D eigenvalue weighted by molar-refractivity contribution is 1.25. The van der Waals surface area contributed by atoms with Gasteiger partial charge in [-0.15, -0.1) is 0 Å². The maximum absolute atomic E-state index is 11.4. The minimum Gasteiger partial charge on any atom is -0.306 e. The monoisotopic (exact) mass is 185 g/mol. The lowest BCUT2D eigenvalue weighted by atomic mass is 10.2. The molecule has 0 amide bonds. The highest BCUT2D eigenvalue weighted by Crippen LogP contribution is 2.16. The minimum absolute atomic E-state index is 0.103. The Kier molecular flexibility index (Phi) is 1.16. The summed E-state index contributed by atoms with van der Waals surface area (Å²) in [6.45, 7) is 3.70. The average Bonchev–Trinajstić information content (AvgIpc) is 2.74. The zero-order valence-electron chi connectivity index (χ0n) is 7.32. The van der Waals surface area contributed by atoms with Crippen LogP contribution in [0.25, 0.3) is 22.9 Å². The molecule has 0 radical (unpaired) electrons. The number of aromatic nitrogens is 3. The molecule has 0 fully saturated rings. The number of aromatic amines is 1. The van der Waals surface area contributed by atoms with Crippen molar-refractivity contribution < 1.29 is 0 Å². The van der Waals surface area contributed by atoms with E-state index >= 15 is 0 Å². The Hall–Kier alpha value is -2.10. The fourth-order valence-corrected chi connectivity index (χ4v) is 1.71. The number of hydrogen-bond donors (Lipinski definition) is 1. The maximum Gasteiger partial charge on any atom is 0.275 e. The summed E-state index contributed by atoms with van der Waals surface area (Å²) in [5.41, 5.74) is 2.94. The molecule has 0 aliphatic heterocycles. The van der Waals surface area contributed by atoms with Crippen LogP contribution in [0, 0.1) is 0 Å². The van der Waals surface area contributed by atoms with Gasteiger partial charge in [-0.3, -0.25) is 9.20 Å². The highest BCUT2D eigenvalue weighted by atomic mass is 16.1. The summed E-state index contributed by atoms with van der Waals surface area (Å²) in [5.74, 6) is 0. The van der Waals surface area contributed by atoms with E-state index in [2.05, 4.69) is 16.5 Å². The van der Waals surface area contributed by atoms with Crippen LogP contribution in [0.4, 0.5) is 0 Å². The summed E-state index contributed by atoms with van der Waals surface area (Å²) >= 11 is 0. The zero-order valence-corrected chi connectivity index (χ0v) is 7.32. The van der Waals surface area contributed by atoms with Crippen LogP contribution in [0.1, 0.15) is 5.56 Å². The molecule has 0 aromatic carbocycles. The van der Waals surface area contributed by atoms with E-state index in [0.29, 0.717) is 5.52 Å². The van der Waals surface area contributed by atoms with Gasteiger partial charge >= 0.3 is 0 Å². The molecule has 3 aromatic rings. The molecule has 0 unspecified atom stereocenters. The molecule has 3 rings (SSSR count). The van der Waals surface area contributed by atoms with Gasteiger partial charge in [-0.05, 0) is 12.1 Å². The summed E-state index contributed by atoms with van der Waals surface area (Å²) in [7, 11) is 0. The lowest BCUT2D eigenvalue weighted by Crippen LogP contribution is -1.95. The van der Waals surface area contributed by atoms with Crippen LogP contribution in [0.3, 0.4) is 0 Å². The number of imidazole rings is 2. The topological polar surface area (TPSA) is 50.2 Å². The normalized spacial score (nSPS) is 11.4. The van der Waals surface area contributed by atoms with Gasteiger partial charge in [-0.25, -0.2) is 4.98 Å². The molecule has 4 heteroatoms. The first-order valence-corrected chi connectivity index (χ1v) is 4.25. The quantitative estimate of drug-likeness (QED) is 0.620. The Balaban J connectivity index is 2.72. The van der Waals surface area contributed by atoms with Crippen LogP contribution in [0.5, 0.6) is 0 Å². The minimum atomic E-state index is -0.103. The number of nitrogens with zero attached hydrogens (tertiary/aromatic N) is 2. The lowest BCUT2D eigenvalue weighted by Gasteiger charge is -1.97. The van der Waals surface area contributed by atoms with Crippen molar-refractivity contribution in [2.75, 3.05) is 0 Å². The maximum atomic E-state index is 11.4. The van der Waals surface area contributed by atoms with Gasteiger partial charge in [0, 0.05) is 5.56 Å². The SMILES string of the molecule is C=Cc1ccc2[nH]c(=O)c3cnc1n23. The molecular weight excluding hydrogens is 178 g/mol. The van der Waals surface area contributed by atoms with Gasteiger partial charge in [0.05, 0.1) is 6.20 Å². The van der Waals surface area contributed by atoms with Crippen LogP contribution < -0.4 is 5.56 Å². The van der Waals surface area contributed by atoms with E-state index in [-0.39, 0.29) is 5.56 Å². The van der Waals surface area contributed by atoms with E-state index in [1.54, 1.807) is 16.7 Å². The summed E-state index contributed by atoms with van der Waals surface area (Å²) in [6, 6.07) is 3.74. The summed E-state index contributed by atoms with van der Waals surface area (Å²) in [5, 5.41) is 0. The van der Waals surface area contributed by atoms with Gasteiger partial charge < -0.3 is 4.98 Å². The van der Waals surface area contributed by atoms with E-state index < -0.39 is 0 Å². The Morgan fingerprint density at radius 1 is 1.50 bits per heavy atom. The van der Waals surface area contributed by atoms with Gasteiger partial charge in [-0.1, -0.05) is 12.7 Å². The first-order chi connectivity index (χ1) is 6.81. The van der Waals surface area contributed by atoms with Gasteiger partial charge in [0.1, 0.15) is 16.8 Å². The molecule has 3 heterocycles. The molecule has 3 aromatic heterocycles. The molecule has 14 heavy (non-hydrogen) atoms. The van der Waals surface area contributed by atoms with E-state index in [0.717, 1.165) is 16.9 Å². The van der Waals surface area contributed by atoms with Crippen LogP contribution >= 0.6 is 0 Å². The van der Waals surface area contributed by atoms with Gasteiger partial charge in [0.15, 0.2) is 0 Å². The molecule has 0 spiro atoms. The molecular formula is C10H7N3O. The van der Waals surface area contributed by atoms with Crippen LogP contribution in [-0.4, -0.2) is 14.4 Å². The van der Waals surface area contributed by atoms with Crippen molar-refractivity contribution in [3.63, 3.8) is 0 Å². The molecule has 0 saturated carbocycles. The first kappa shape index (κ1) is 7.32. The summed E-state index contributed by atoms with van der Waals surface area (Å²) in [6.07, 6.45) is 3.31. The number of nitrogens with one attached hydrogen (secondary N) is 1. The van der Waals surface area contributed by atoms with Crippen LogP contribution in [0.15, 0.2) is 29.7 Å². The van der Waals surface area contributed by atoms with E-state index in [1.807, 2.05) is 12.1 Å². The van der Waals surface area contributed by atoms with E-state index in [1.165, 1.54) is 0 Å². The van der Waals surface area contributed by atoms with Crippen molar-refractivity contribution in [3.8, 4) is 0 Å². The largest absolute Gasteiger partial charge is 0.306 e. The third-order valence-corrected chi connectivity index (χ3v) is 2.38. The summed E-state index contributed by atoms with van der Waals surface area (Å²) in [4.78, 5) is 18.3. The number of rotatable bonds is 1. The predicted octanol–water partition coefficient (Wildman–Crippen LogP) is 1.26. The number of hydrogen-bond acceptors (Lipinski definition) is 2. The fourth-order valence-electron chi connectivity index (χ4n) is 1.71. The van der Waals surface area contributed by atoms with Crippen LogP contribution in [0.2, 0.25) is 0 Å². The third-order valence-electron chi connectivity index (χ3n) is 2.38. The van der Waals surface area contributed by atoms with Gasteiger partial charge in [-0.2, -0.15) is 0 Å². The average molecular weight is 185 g/mol. The summed E-state index contributed by atoms with van der Waals surface area (Å²) < 4.78 is 1.80. The van der Waals surface area contributed by atoms with Gasteiger partial charge in [0.25, 0.3) is 5.56 Å². The van der Waals surface area contributed by atoms with E-state index in [4.69, 9.17) is 0 Å². The molecule has 0 aliphatic carbocycles. The molecule has 0 atom stereocenters. The van der Waals surface area contributed by atoms with Crippen molar-refractivity contribution in [1.29, 1.82) is 0 Å². The molecule has 1 N–H and O–H groups in total. The Bertz CT molecular complexity index is 677. The predicted molar refractivity (Wildman–Crippen MR) is 54.6 cm³/mol. The molecule has 4 nitrogen and oxygen atoms in total. The molecule has 68 valence electrons. The Labute approximate surface area is 78.9 Å². The van der Waals surface area contributed by atoms with Crippen molar-refractivity contribution in [3.05, 3.63) is 40.8 Å². The third kappa shape index (κ3) is 0.682. The second-order valence-electron chi connectivity index (χ2n) is 3.13. The highest BCUT2D eigenvalue weighted by molar-refractivity contribution is 5.74. The van der Waals surface area contributed by atoms with Crippen molar-refractivity contribution in [2.45, 2.75) is 0 Å². The Morgan fingerprint density at radius 2 is 2.36 bits per heavy atom. The van der Waals surface area contributed by atoms with Crippen molar-refractivity contribution >= 4 is 22.9 Å². The molecule has 0 aliphatic rings. The molecule has 0 bridgehead atoms. The number of H-pyrrole nitrogens is 1. The fraction of sp³-hybridized carbons (Fsp3) is 0. The number of pyridine rings is 1.